The molecule has 2 rings (SSSR count). The maximum atomic E-state index is 12.9. The Labute approximate surface area is 134 Å². The molecule has 2 aromatic carbocycles. The van der Waals surface area contributed by atoms with E-state index in [-0.39, 0.29) is 5.56 Å². The topological polar surface area (TPSA) is 29.1 Å². The SMILES string of the molecule is C[C@H](NC(=O)c1ccccc1C(F)(F)F)c1ccccc1Br. The lowest BCUT2D eigenvalue weighted by Gasteiger charge is -2.18. The quantitative estimate of drug-likeness (QED) is 0.811. The van der Waals surface area contributed by atoms with Crippen molar-refractivity contribution in [1.82, 2.24) is 5.32 Å². The highest BCUT2D eigenvalue weighted by atomic mass is 79.9. The first-order chi connectivity index (χ1) is 10.3. The van der Waals surface area contributed by atoms with E-state index in [0.717, 1.165) is 16.1 Å². The van der Waals surface area contributed by atoms with E-state index in [9.17, 15) is 18.0 Å². The number of hydrogen-bond acceptors (Lipinski definition) is 1. The van der Waals surface area contributed by atoms with E-state index in [1.165, 1.54) is 18.2 Å². The molecule has 116 valence electrons. The molecule has 1 atom stereocenters. The van der Waals surface area contributed by atoms with Crippen molar-refractivity contribution in [1.29, 1.82) is 0 Å². The first kappa shape index (κ1) is 16.5. The number of amides is 1. The fourth-order valence-electron chi connectivity index (χ4n) is 2.11. The van der Waals surface area contributed by atoms with Gasteiger partial charge < -0.3 is 5.32 Å². The van der Waals surface area contributed by atoms with Crippen LogP contribution in [0.2, 0.25) is 0 Å². The van der Waals surface area contributed by atoms with Crippen molar-refractivity contribution in [3.05, 3.63) is 69.7 Å². The molecule has 1 amide bonds. The summed E-state index contributed by atoms with van der Waals surface area (Å²) in [5.74, 6) is -0.754. The van der Waals surface area contributed by atoms with Crippen LogP contribution in [-0.2, 0) is 6.18 Å². The lowest BCUT2D eigenvalue weighted by Crippen LogP contribution is -2.29. The maximum absolute atomic E-state index is 12.9. The highest BCUT2D eigenvalue weighted by Gasteiger charge is 2.35. The molecular weight excluding hydrogens is 359 g/mol. The fourth-order valence-corrected chi connectivity index (χ4v) is 2.73. The molecule has 0 bridgehead atoms. The normalized spacial score (nSPS) is 12.8. The summed E-state index contributed by atoms with van der Waals surface area (Å²) in [6.45, 7) is 1.72. The van der Waals surface area contributed by atoms with E-state index in [2.05, 4.69) is 21.2 Å². The van der Waals surface area contributed by atoms with E-state index < -0.39 is 23.7 Å². The standard InChI is InChI=1S/C16H13BrF3NO/c1-10(11-6-3-5-9-14(11)17)21-15(22)12-7-2-4-8-13(12)16(18,19)20/h2-10H,1H3,(H,21,22)/t10-/m0/s1. The summed E-state index contributed by atoms with van der Waals surface area (Å²) >= 11 is 3.36. The van der Waals surface area contributed by atoms with E-state index in [4.69, 9.17) is 0 Å². The van der Waals surface area contributed by atoms with Gasteiger partial charge in [-0.05, 0) is 30.7 Å². The second-order valence-electron chi connectivity index (χ2n) is 4.76. The summed E-state index contributed by atoms with van der Waals surface area (Å²) in [6.07, 6.45) is -4.56. The molecule has 0 unspecified atom stereocenters. The Bertz CT molecular complexity index is 685. The van der Waals surface area contributed by atoms with Crippen LogP contribution in [0.15, 0.2) is 53.0 Å². The van der Waals surface area contributed by atoms with E-state index in [1.54, 1.807) is 19.1 Å². The van der Waals surface area contributed by atoms with Gasteiger partial charge >= 0.3 is 6.18 Å². The number of carbonyl (C=O) groups is 1. The minimum Gasteiger partial charge on any atom is -0.345 e. The van der Waals surface area contributed by atoms with Crippen LogP contribution in [0.1, 0.15) is 34.5 Å². The van der Waals surface area contributed by atoms with Crippen LogP contribution in [0.25, 0.3) is 0 Å². The Hall–Kier alpha value is -1.82. The van der Waals surface area contributed by atoms with Crippen molar-refractivity contribution in [3.63, 3.8) is 0 Å². The van der Waals surface area contributed by atoms with Crippen LogP contribution < -0.4 is 5.32 Å². The number of rotatable bonds is 3. The lowest BCUT2D eigenvalue weighted by atomic mass is 10.0. The third-order valence-corrected chi connectivity index (χ3v) is 3.92. The summed E-state index contributed by atoms with van der Waals surface area (Å²) in [6, 6.07) is 11.5. The Morgan fingerprint density at radius 2 is 1.68 bits per heavy atom. The van der Waals surface area contributed by atoms with Gasteiger partial charge in [0, 0.05) is 4.47 Å². The number of alkyl halides is 3. The molecule has 22 heavy (non-hydrogen) atoms. The predicted molar refractivity (Wildman–Crippen MR) is 81.5 cm³/mol. The molecule has 6 heteroatoms. The van der Waals surface area contributed by atoms with Gasteiger partial charge in [0.05, 0.1) is 17.2 Å². The summed E-state index contributed by atoms with van der Waals surface area (Å²) in [5, 5.41) is 2.60. The monoisotopic (exact) mass is 371 g/mol. The van der Waals surface area contributed by atoms with Crippen molar-refractivity contribution >= 4 is 21.8 Å². The highest BCUT2D eigenvalue weighted by molar-refractivity contribution is 9.10. The summed E-state index contributed by atoms with van der Waals surface area (Å²) < 4.78 is 39.6. The molecule has 0 radical (unpaired) electrons. The zero-order valence-corrected chi connectivity index (χ0v) is 13.2. The van der Waals surface area contributed by atoms with Crippen molar-refractivity contribution < 1.29 is 18.0 Å². The average Bonchev–Trinajstić information content (AvgIpc) is 2.46. The minimum absolute atomic E-state index is 0.381. The Morgan fingerprint density at radius 1 is 1.09 bits per heavy atom. The molecule has 0 saturated carbocycles. The molecule has 0 aliphatic heterocycles. The summed E-state index contributed by atoms with van der Waals surface area (Å²) in [7, 11) is 0. The Kier molecular flexibility index (Phi) is 4.90. The number of halogens is 4. The van der Waals surface area contributed by atoms with Crippen LogP contribution in [0.3, 0.4) is 0 Å². The maximum Gasteiger partial charge on any atom is 0.417 e. The van der Waals surface area contributed by atoms with E-state index in [1.807, 2.05) is 12.1 Å². The molecule has 0 fully saturated rings. The zero-order valence-electron chi connectivity index (χ0n) is 11.6. The van der Waals surface area contributed by atoms with Gasteiger partial charge in [0.15, 0.2) is 0 Å². The van der Waals surface area contributed by atoms with Gasteiger partial charge in [-0.1, -0.05) is 46.3 Å². The molecule has 0 aliphatic carbocycles. The van der Waals surface area contributed by atoms with Crippen LogP contribution in [-0.4, -0.2) is 5.91 Å². The van der Waals surface area contributed by atoms with E-state index in [0.29, 0.717) is 0 Å². The lowest BCUT2D eigenvalue weighted by molar-refractivity contribution is -0.137. The van der Waals surface area contributed by atoms with Crippen molar-refractivity contribution in [3.8, 4) is 0 Å². The predicted octanol–water partition coefficient (Wildman–Crippen LogP) is 4.96. The smallest absolute Gasteiger partial charge is 0.345 e. The third kappa shape index (κ3) is 3.68. The van der Waals surface area contributed by atoms with Crippen molar-refractivity contribution in [2.45, 2.75) is 19.1 Å². The van der Waals surface area contributed by atoms with Gasteiger partial charge in [-0.3, -0.25) is 4.79 Å². The van der Waals surface area contributed by atoms with Crippen molar-refractivity contribution in [2.24, 2.45) is 0 Å². The van der Waals surface area contributed by atoms with Gasteiger partial charge in [0.2, 0.25) is 0 Å². The minimum atomic E-state index is -4.56. The van der Waals surface area contributed by atoms with Gasteiger partial charge in [0.25, 0.3) is 5.91 Å². The van der Waals surface area contributed by atoms with Crippen LogP contribution in [0, 0.1) is 0 Å². The molecule has 2 nitrogen and oxygen atoms in total. The van der Waals surface area contributed by atoms with Crippen molar-refractivity contribution in [2.75, 3.05) is 0 Å². The van der Waals surface area contributed by atoms with Crippen LogP contribution >= 0.6 is 15.9 Å². The second-order valence-corrected chi connectivity index (χ2v) is 5.61. The molecule has 0 saturated heterocycles. The number of benzene rings is 2. The van der Waals surface area contributed by atoms with Gasteiger partial charge in [-0.2, -0.15) is 13.2 Å². The molecule has 2 aromatic rings. The molecule has 0 aromatic heterocycles. The van der Waals surface area contributed by atoms with Gasteiger partial charge in [0.1, 0.15) is 0 Å². The Morgan fingerprint density at radius 3 is 2.32 bits per heavy atom. The molecule has 1 N–H and O–H groups in total. The number of nitrogens with one attached hydrogen (secondary N) is 1. The number of carbonyl (C=O) groups excluding carboxylic acids is 1. The molecule has 0 aliphatic rings. The summed E-state index contributed by atoms with van der Waals surface area (Å²) in [5.41, 5.74) is -0.527. The summed E-state index contributed by atoms with van der Waals surface area (Å²) in [4.78, 5) is 12.2. The van der Waals surface area contributed by atoms with Gasteiger partial charge in [-0.25, -0.2) is 0 Å². The molecular formula is C16H13BrF3NO. The zero-order chi connectivity index (χ0) is 16.3. The van der Waals surface area contributed by atoms with Crippen LogP contribution in [0.5, 0.6) is 0 Å². The first-order valence-corrected chi connectivity index (χ1v) is 7.31. The molecule has 0 heterocycles. The number of hydrogen-bond donors (Lipinski definition) is 1. The molecule has 0 spiro atoms. The highest BCUT2D eigenvalue weighted by Crippen LogP contribution is 2.32. The Balaban J connectivity index is 2.25. The van der Waals surface area contributed by atoms with E-state index >= 15 is 0 Å². The van der Waals surface area contributed by atoms with Gasteiger partial charge in [-0.15, -0.1) is 0 Å². The first-order valence-electron chi connectivity index (χ1n) is 6.52. The third-order valence-electron chi connectivity index (χ3n) is 3.20. The average molecular weight is 372 g/mol. The van der Waals surface area contributed by atoms with Crippen LogP contribution in [0.4, 0.5) is 13.2 Å². The largest absolute Gasteiger partial charge is 0.417 e. The second kappa shape index (κ2) is 6.52. The fraction of sp³-hybridized carbons (Fsp3) is 0.188.